The maximum Gasteiger partial charge on any atom is 0.137 e. The minimum absolute atomic E-state index is 0.807. The van der Waals surface area contributed by atoms with E-state index in [0.717, 1.165) is 24.0 Å². The SMILES string of the molecule is COc1ccc(NCCCC2CCCC2)nc1. The summed E-state index contributed by atoms with van der Waals surface area (Å²) in [6.07, 6.45) is 10.1. The van der Waals surface area contributed by atoms with Gasteiger partial charge in [0.2, 0.25) is 0 Å². The van der Waals surface area contributed by atoms with Gasteiger partial charge in [-0.3, -0.25) is 0 Å². The first-order valence-electron chi connectivity index (χ1n) is 6.62. The fourth-order valence-corrected chi connectivity index (χ4v) is 2.51. The summed E-state index contributed by atoms with van der Waals surface area (Å²) in [7, 11) is 1.66. The highest BCUT2D eigenvalue weighted by molar-refractivity contribution is 5.37. The van der Waals surface area contributed by atoms with Gasteiger partial charge in [0.25, 0.3) is 0 Å². The van der Waals surface area contributed by atoms with E-state index in [1.54, 1.807) is 13.3 Å². The average Bonchev–Trinajstić information content (AvgIpc) is 2.88. The minimum Gasteiger partial charge on any atom is -0.495 e. The highest BCUT2D eigenvalue weighted by Crippen LogP contribution is 2.28. The maximum absolute atomic E-state index is 5.07. The lowest BCUT2D eigenvalue weighted by atomic mass is 10.0. The summed E-state index contributed by atoms with van der Waals surface area (Å²) in [4.78, 5) is 4.28. The van der Waals surface area contributed by atoms with E-state index in [-0.39, 0.29) is 0 Å². The van der Waals surface area contributed by atoms with Crippen molar-refractivity contribution in [3.8, 4) is 5.75 Å². The van der Waals surface area contributed by atoms with Crippen LogP contribution in [0.3, 0.4) is 0 Å². The zero-order chi connectivity index (χ0) is 11.9. The van der Waals surface area contributed by atoms with Crippen molar-refractivity contribution in [3.05, 3.63) is 18.3 Å². The van der Waals surface area contributed by atoms with Gasteiger partial charge in [-0.25, -0.2) is 4.98 Å². The molecule has 0 saturated heterocycles. The number of pyridine rings is 1. The quantitative estimate of drug-likeness (QED) is 0.765. The van der Waals surface area contributed by atoms with Crippen LogP contribution in [0.4, 0.5) is 5.82 Å². The third kappa shape index (κ3) is 3.91. The Morgan fingerprint density at radius 3 is 2.82 bits per heavy atom. The van der Waals surface area contributed by atoms with Gasteiger partial charge in [0, 0.05) is 6.54 Å². The molecular formula is C14H22N2O. The number of ether oxygens (including phenoxy) is 1. The summed E-state index contributed by atoms with van der Waals surface area (Å²) in [6.45, 7) is 1.02. The molecular weight excluding hydrogens is 212 g/mol. The Kier molecular flexibility index (Phi) is 4.65. The number of methoxy groups -OCH3 is 1. The second-order valence-corrected chi connectivity index (χ2v) is 4.80. The highest BCUT2D eigenvalue weighted by atomic mass is 16.5. The van der Waals surface area contributed by atoms with Crippen LogP contribution in [0.2, 0.25) is 0 Å². The molecule has 0 amide bonds. The Balaban J connectivity index is 1.63. The van der Waals surface area contributed by atoms with Crippen LogP contribution in [-0.2, 0) is 0 Å². The molecule has 0 aliphatic heterocycles. The Hall–Kier alpha value is -1.25. The molecule has 0 unspecified atom stereocenters. The third-order valence-electron chi connectivity index (χ3n) is 3.54. The summed E-state index contributed by atoms with van der Waals surface area (Å²) in [5.41, 5.74) is 0. The molecule has 1 saturated carbocycles. The molecule has 17 heavy (non-hydrogen) atoms. The lowest BCUT2D eigenvalue weighted by Gasteiger charge is -2.09. The molecule has 94 valence electrons. The Morgan fingerprint density at radius 1 is 1.35 bits per heavy atom. The number of anilines is 1. The average molecular weight is 234 g/mol. The van der Waals surface area contributed by atoms with E-state index in [1.165, 1.54) is 38.5 Å². The number of hydrogen-bond donors (Lipinski definition) is 1. The van der Waals surface area contributed by atoms with Crippen molar-refractivity contribution in [3.63, 3.8) is 0 Å². The van der Waals surface area contributed by atoms with Crippen LogP contribution in [0.25, 0.3) is 0 Å². The van der Waals surface area contributed by atoms with Crippen LogP contribution in [0, 0.1) is 5.92 Å². The number of aromatic nitrogens is 1. The first-order valence-corrected chi connectivity index (χ1v) is 6.62. The largest absolute Gasteiger partial charge is 0.495 e. The molecule has 0 aromatic carbocycles. The molecule has 3 heteroatoms. The van der Waals surface area contributed by atoms with Gasteiger partial charge in [0.1, 0.15) is 11.6 Å². The number of hydrogen-bond acceptors (Lipinski definition) is 3. The van der Waals surface area contributed by atoms with Gasteiger partial charge in [-0.15, -0.1) is 0 Å². The van der Waals surface area contributed by atoms with E-state index in [4.69, 9.17) is 4.74 Å². The van der Waals surface area contributed by atoms with E-state index in [2.05, 4.69) is 10.3 Å². The summed E-state index contributed by atoms with van der Waals surface area (Å²) in [6, 6.07) is 3.90. The van der Waals surface area contributed by atoms with Crippen molar-refractivity contribution in [2.45, 2.75) is 38.5 Å². The van der Waals surface area contributed by atoms with Crippen LogP contribution < -0.4 is 10.1 Å². The zero-order valence-corrected chi connectivity index (χ0v) is 10.6. The molecule has 0 atom stereocenters. The van der Waals surface area contributed by atoms with Crippen molar-refractivity contribution in [1.29, 1.82) is 0 Å². The third-order valence-corrected chi connectivity index (χ3v) is 3.54. The van der Waals surface area contributed by atoms with Crippen molar-refractivity contribution in [2.75, 3.05) is 19.0 Å². The van der Waals surface area contributed by atoms with Crippen LogP contribution in [0.15, 0.2) is 18.3 Å². The van der Waals surface area contributed by atoms with Crippen LogP contribution in [0.1, 0.15) is 38.5 Å². The van der Waals surface area contributed by atoms with Gasteiger partial charge in [-0.05, 0) is 30.9 Å². The van der Waals surface area contributed by atoms with E-state index in [9.17, 15) is 0 Å². The van der Waals surface area contributed by atoms with Crippen molar-refractivity contribution in [1.82, 2.24) is 4.98 Å². The number of rotatable bonds is 6. The Labute approximate surface area is 104 Å². The van der Waals surface area contributed by atoms with E-state index in [1.807, 2.05) is 12.1 Å². The van der Waals surface area contributed by atoms with E-state index in [0.29, 0.717) is 0 Å². The summed E-state index contributed by atoms with van der Waals surface area (Å²) in [5.74, 6) is 2.74. The molecule has 1 aromatic rings. The first kappa shape index (κ1) is 12.2. The lowest BCUT2D eigenvalue weighted by Crippen LogP contribution is -2.05. The van der Waals surface area contributed by atoms with Gasteiger partial charge in [-0.2, -0.15) is 0 Å². The molecule has 3 nitrogen and oxygen atoms in total. The topological polar surface area (TPSA) is 34.1 Å². The summed E-state index contributed by atoms with van der Waals surface area (Å²) < 4.78 is 5.07. The van der Waals surface area contributed by atoms with E-state index < -0.39 is 0 Å². The second-order valence-electron chi connectivity index (χ2n) is 4.80. The number of nitrogens with zero attached hydrogens (tertiary/aromatic N) is 1. The molecule has 1 aromatic heterocycles. The lowest BCUT2D eigenvalue weighted by molar-refractivity contribution is 0.413. The van der Waals surface area contributed by atoms with Crippen LogP contribution >= 0.6 is 0 Å². The molecule has 1 fully saturated rings. The minimum atomic E-state index is 0.807. The fraction of sp³-hybridized carbons (Fsp3) is 0.643. The van der Waals surface area contributed by atoms with Crippen molar-refractivity contribution in [2.24, 2.45) is 5.92 Å². The molecule has 0 radical (unpaired) electrons. The molecule has 0 spiro atoms. The zero-order valence-electron chi connectivity index (χ0n) is 10.6. The fourth-order valence-electron chi connectivity index (χ4n) is 2.51. The van der Waals surface area contributed by atoms with Gasteiger partial charge in [0.15, 0.2) is 0 Å². The molecule has 2 rings (SSSR count). The van der Waals surface area contributed by atoms with Gasteiger partial charge in [0.05, 0.1) is 13.3 Å². The number of nitrogens with one attached hydrogen (secondary N) is 1. The molecule has 1 heterocycles. The predicted octanol–water partition coefficient (Wildman–Crippen LogP) is 3.47. The molecule has 1 aliphatic carbocycles. The van der Waals surface area contributed by atoms with Crippen LogP contribution in [-0.4, -0.2) is 18.6 Å². The van der Waals surface area contributed by atoms with Crippen molar-refractivity contribution < 1.29 is 4.74 Å². The predicted molar refractivity (Wildman–Crippen MR) is 70.5 cm³/mol. The monoisotopic (exact) mass is 234 g/mol. The van der Waals surface area contributed by atoms with Crippen LogP contribution in [0.5, 0.6) is 5.75 Å². The van der Waals surface area contributed by atoms with Crippen molar-refractivity contribution >= 4 is 5.82 Å². The molecule has 1 aliphatic rings. The summed E-state index contributed by atoms with van der Waals surface area (Å²) >= 11 is 0. The molecule has 0 bridgehead atoms. The highest BCUT2D eigenvalue weighted by Gasteiger charge is 2.13. The normalized spacial score (nSPS) is 16.1. The van der Waals surface area contributed by atoms with Gasteiger partial charge in [-0.1, -0.05) is 25.7 Å². The smallest absolute Gasteiger partial charge is 0.137 e. The Morgan fingerprint density at radius 2 is 2.18 bits per heavy atom. The van der Waals surface area contributed by atoms with Gasteiger partial charge < -0.3 is 10.1 Å². The van der Waals surface area contributed by atoms with E-state index >= 15 is 0 Å². The second kappa shape index (κ2) is 6.48. The Bertz CT molecular complexity index is 317. The standard InChI is InChI=1S/C14H22N2O/c1-17-13-8-9-14(16-11-13)15-10-4-7-12-5-2-3-6-12/h8-9,11-12H,2-7,10H2,1H3,(H,15,16). The summed E-state index contributed by atoms with van der Waals surface area (Å²) in [5, 5.41) is 3.35. The first-order chi connectivity index (χ1) is 8.38. The molecule has 1 N–H and O–H groups in total. The maximum atomic E-state index is 5.07. The van der Waals surface area contributed by atoms with Gasteiger partial charge >= 0.3 is 0 Å².